The number of hydrogen-bond acceptors (Lipinski definition) is 9. The van der Waals surface area contributed by atoms with E-state index in [9.17, 15) is 24.6 Å². The van der Waals surface area contributed by atoms with Gasteiger partial charge < -0.3 is 24.4 Å². The number of ketones is 2. The standard InChI is InChI=1S/C34H51NO8/c1-23-19-25(36)20-24-8-9-26-27-10-11-34(40,32(27,2)21-28(37)31(26)33(23,24)3)29(38)22-43-30(39)7-5-4-6-15-41-16-12-35-13-17-42-18-14-35/h19-20,26-28,31,37,40H,4-18,21-22H2,1-3H3/t26-,27-,28?,31+,32-,33-,34-/m0/s1. The minimum atomic E-state index is -1.65. The second-order valence-electron chi connectivity index (χ2n) is 14.0. The van der Waals surface area contributed by atoms with E-state index in [2.05, 4.69) is 11.8 Å². The van der Waals surface area contributed by atoms with Crippen LogP contribution in [0.25, 0.3) is 0 Å². The third kappa shape index (κ3) is 6.17. The Balaban J connectivity index is 1.08. The second kappa shape index (κ2) is 13.2. The van der Waals surface area contributed by atoms with Crippen molar-refractivity contribution in [3.05, 3.63) is 23.3 Å². The summed E-state index contributed by atoms with van der Waals surface area (Å²) >= 11 is 0. The zero-order valence-electron chi connectivity index (χ0n) is 26.3. The van der Waals surface area contributed by atoms with Crippen molar-refractivity contribution in [1.29, 1.82) is 0 Å². The number of carbonyl (C=O) groups is 3. The number of hydrogen-bond donors (Lipinski definition) is 2. The quantitative estimate of drug-likeness (QED) is 0.256. The zero-order valence-corrected chi connectivity index (χ0v) is 26.3. The largest absolute Gasteiger partial charge is 0.458 e. The number of nitrogens with zero attached hydrogens (tertiary/aromatic N) is 1. The number of allylic oxidation sites excluding steroid dienone is 4. The first-order valence-electron chi connectivity index (χ1n) is 16.4. The maximum absolute atomic E-state index is 13.5. The molecule has 5 rings (SSSR count). The van der Waals surface area contributed by atoms with Crippen LogP contribution in [-0.4, -0.2) is 97.0 Å². The highest BCUT2D eigenvalue weighted by Gasteiger charge is 2.68. The highest BCUT2D eigenvalue weighted by atomic mass is 16.5. The van der Waals surface area contributed by atoms with Crippen LogP contribution >= 0.6 is 0 Å². The molecule has 7 atom stereocenters. The van der Waals surface area contributed by atoms with Gasteiger partial charge in [-0.15, -0.1) is 0 Å². The Labute approximate surface area is 256 Å². The van der Waals surface area contributed by atoms with Gasteiger partial charge in [0.2, 0.25) is 5.78 Å². The maximum Gasteiger partial charge on any atom is 0.306 e. The fourth-order valence-electron chi connectivity index (χ4n) is 9.25. The number of aliphatic hydroxyl groups excluding tert-OH is 1. The monoisotopic (exact) mass is 601 g/mol. The average Bonchev–Trinajstić information content (AvgIpc) is 3.25. The molecule has 240 valence electrons. The zero-order chi connectivity index (χ0) is 30.8. The lowest BCUT2D eigenvalue weighted by Gasteiger charge is -2.60. The number of carbonyl (C=O) groups excluding carboxylic acids is 3. The Kier molecular flexibility index (Phi) is 9.98. The lowest BCUT2D eigenvalue weighted by atomic mass is 9.45. The molecule has 1 unspecified atom stereocenters. The summed E-state index contributed by atoms with van der Waals surface area (Å²) in [7, 11) is 0. The summed E-state index contributed by atoms with van der Waals surface area (Å²) in [6, 6.07) is 0. The van der Waals surface area contributed by atoms with Gasteiger partial charge in [-0.2, -0.15) is 0 Å². The van der Waals surface area contributed by atoms with Crippen LogP contribution in [0.2, 0.25) is 0 Å². The number of aliphatic hydroxyl groups is 2. The fraction of sp³-hybridized carbons (Fsp3) is 0.794. The van der Waals surface area contributed by atoms with E-state index in [-0.39, 0.29) is 30.0 Å². The van der Waals surface area contributed by atoms with E-state index in [1.807, 2.05) is 13.8 Å². The van der Waals surface area contributed by atoms with Crippen LogP contribution in [0.3, 0.4) is 0 Å². The van der Waals surface area contributed by atoms with Crippen molar-refractivity contribution in [3.63, 3.8) is 0 Å². The Morgan fingerprint density at radius 1 is 1.09 bits per heavy atom. The van der Waals surface area contributed by atoms with Crippen molar-refractivity contribution in [2.75, 3.05) is 52.7 Å². The molecular formula is C34H51NO8. The van der Waals surface area contributed by atoms with Crippen LogP contribution in [0, 0.1) is 28.6 Å². The Morgan fingerprint density at radius 3 is 2.63 bits per heavy atom. The maximum atomic E-state index is 13.5. The minimum Gasteiger partial charge on any atom is -0.458 e. The van der Waals surface area contributed by atoms with Crippen molar-refractivity contribution in [3.8, 4) is 0 Å². The van der Waals surface area contributed by atoms with E-state index in [1.165, 1.54) is 0 Å². The van der Waals surface area contributed by atoms with Gasteiger partial charge in [-0.05, 0) is 75.9 Å². The molecule has 0 aromatic heterocycles. The molecule has 1 aliphatic heterocycles. The number of esters is 1. The van der Waals surface area contributed by atoms with Crippen LogP contribution in [0.15, 0.2) is 23.3 Å². The summed E-state index contributed by atoms with van der Waals surface area (Å²) in [4.78, 5) is 40.5. The lowest BCUT2D eigenvalue weighted by Crippen LogP contribution is -2.62. The SMILES string of the molecule is CC1=CC(=O)C=C2CC[C@@H]3[C@H](C(O)C[C@@]4(C)[C@H]3CC[C@]4(O)C(=O)COC(=O)CCCCCOCCN3CCOCC3)[C@@]12C. The van der Waals surface area contributed by atoms with Crippen LogP contribution in [0.5, 0.6) is 0 Å². The van der Waals surface area contributed by atoms with E-state index >= 15 is 0 Å². The van der Waals surface area contributed by atoms with Crippen molar-refractivity contribution in [2.45, 2.75) is 90.3 Å². The molecule has 4 fully saturated rings. The highest BCUT2D eigenvalue weighted by molar-refractivity contribution is 6.02. The van der Waals surface area contributed by atoms with Crippen LogP contribution in [0.4, 0.5) is 0 Å². The predicted molar refractivity (Wildman–Crippen MR) is 160 cm³/mol. The van der Waals surface area contributed by atoms with Crippen LogP contribution in [-0.2, 0) is 28.6 Å². The molecule has 0 aromatic rings. The van der Waals surface area contributed by atoms with Gasteiger partial charge in [0, 0.05) is 49.4 Å². The summed E-state index contributed by atoms with van der Waals surface area (Å²) in [5.41, 5.74) is -0.771. The number of fused-ring (bicyclic) bond motifs is 5. The molecule has 4 aliphatic carbocycles. The number of Topliss-reactive ketones (excluding diaryl/α,β-unsaturated/α-hetero) is 1. The van der Waals surface area contributed by atoms with Gasteiger partial charge in [0.05, 0.1) is 25.9 Å². The molecule has 9 nitrogen and oxygen atoms in total. The summed E-state index contributed by atoms with van der Waals surface area (Å²) in [6.45, 7) is 11.4. The summed E-state index contributed by atoms with van der Waals surface area (Å²) in [6.07, 6.45) is 8.19. The van der Waals surface area contributed by atoms with Crippen molar-refractivity contribution in [1.82, 2.24) is 4.90 Å². The van der Waals surface area contributed by atoms with Gasteiger partial charge in [-0.25, -0.2) is 0 Å². The number of ether oxygens (including phenoxy) is 3. The molecule has 0 radical (unpaired) electrons. The van der Waals surface area contributed by atoms with Crippen LogP contribution in [0.1, 0.15) is 78.6 Å². The molecule has 3 saturated carbocycles. The molecule has 5 aliphatic rings. The van der Waals surface area contributed by atoms with E-state index < -0.39 is 40.9 Å². The third-order valence-electron chi connectivity index (χ3n) is 11.8. The van der Waals surface area contributed by atoms with E-state index in [1.54, 1.807) is 12.2 Å². The third-order valence-corrected chi connectivity index (χ3v) is 11.8. The normalized spacial score (nSPS) is 37.6. The molecule has 2 N–H and O–H groups in total. The Morgan fingerprint density at radius 2 is 1.86 bits per heavy atom. The molecule has 0 bridgehead atoms. The van der Waals surface area contributed by atoms with Gasteiger partial charge in [0.1, 0.15) is 5.60 Å². The van der Waals surface area contributed by atoms with Gasteiger partial charge in [0.15, 0.2) is 12.4 Å². The first-order valence-corrected chi connectivity index (χ1v) is 16.4. The van der Waals surface area contributed by atoms with Gasteiger partial charge in [0.25, 0.3) is 0 Å². The molecule has 43 heavy (non-hydrogen) atoms. The fourth-order valence-corrected chi connectivity index (χ4v) is 9.25. The summed E-state index contributed by atoms with van der Waals surface area (Å²) in [5.74, 6) is -0.765. The smallest absolute Gasteiger partial charge is 0.306 e. The predicted octanol–water partition coefficient (Wildman–Crippen LogP) is 3.41. The topological polar surface area (TPSA) is 123 Å². The van der Waals surface area contributed by atoms with Crippen molar-refractivity contribution < 1.29 is 38.8 Å². The second-order valence-corrected chi connectivity index (χ2v) is 14.0. The molecular weight excluding hydrogens is 550 g/mol. The van der Waals surface area contributed by atoms with E-state index in [0.29, 0.717) is 38.9 Å². The minimum absolute atomic E-state index is 0.0121. The van der Waals surface area contributed by atoms with Gasteiger partial charge in [-0.1, -0.05) is 31.4 Å². The van der Waals surface area contributed by atoms with E-state index in [4.69, 9.17) is 14.2 Å². The number of rotatable bonds is 12. The molecule has 0 amide bonds. The molecule has 0 aromatic carbocycles. The average molecular weight is 602 g/mol. The lowest BCUT2D eigenvalue weighted by molar-refractivity contribution is -0.181. The van der Waals surface area contributed by atoms with Crippen molar-refractivity contribution >= 4 is 17.5 Å². The van der Waals surface area contributed by atoms with Crippen molar-refractivity contribution in [2.24, 2.45) is 28.6 Å². The summed E-state index contributed by atoms with van der Waals surface area (Å²) in [5, 5.41) is 23.5. The first kappa shape index (κ1) is 32.5. The molecule has 1 heterocycles. The van der Waals surface area contributed by atoms with E-state index in [0.717, 1.165) is 69.7 Å². The molecule has 9 heteroatoms. The number of morpholine rings is 1. The molecule has 0 spiro atoms. The first-order chi connectivity index (χ1) is 20.5. The highest BCUT2D eigenvalue weighted by Crippen LogP contribution is 2.68. The Bertz CT molecular complexity index is 1130. The summed E-state index contributed by atoms with van der Waals surface area (Å²) < 4.78 is 16.4. The Hall–Kier alpha value is -1.91. The van der Waals surface area contributed by atoms with Gasteiger partial charge >= 0.3 is 5.97 Å². The molecule has 1 saturated heterocycles. The van der Waals surface area contributed by atoms with Crippen LogP contribution < -0.4 is 0 Å². The number of unbranched alkanes of at least 4 members (excludes halogenated alkanes) is 2. The van der Waals surface area contributed by atoms with Gasteiger partial charge in [-0.3, -0.25) is 19.3 Å².